The predicted molar refractivity (Wildman–Crippen MR) is 129 cm³/mol. The van der Waals surface area contributed by atoms with Gasteiger partial charge in [-0.25, -0.2) is 14.5 Å². The molecule has 1 heterocycles. The Labute approximate surface area is 201 Å². The van der Waals surface area contributed by atoms with E-state index < -0.39 is 23.8 Å². The quantitative estimate of drug-likeness (QED) is 0.385. The summed E-state index contributed by atoms with van der Waals surface area (Å²) < 4.78 is 46.5. The Kier molecular flexibility index (Phi) is 6.43. The van der Waals surface area contributed by atoms with E-state index in [1.165, 1.54) is 11.0 Å². The van der Waals surface area contributed by atoms with Crippen molar-refractivity contribution in [1.29, 1.82) is 0 Å². The number of imide groups is 1. The topological polar surface area (TPSA) is 53.1 Å². The average molecular weight is 483 g/mol. The summed E-state index contributed by atoms with van der Waals surface area (Å²) in [6.45, 7) is 5.58. The number of alkyl halides is 3. The summed E-state index contributed by atoms with van der Waals surface area (Å²) >= 11 is 0. The van der Waals surface area contributed by atoms with Gasteiger partial charge in [-0.2, -0.15) is 13.2 Å². The number of fused-ring (bicyclic) bond motifs is 1. The SMILES string of the molecule is CCN1C(=O)N(c2ccc(OC(C)C)cc2)C(=O)N(c2ccccc2)c2cc(C(F)(F)F)ccc21. The van der Waals surface area contributed by atoms with Crippen molar-refractivity contribution in [3.05, 3.63) is 78.4 Å². The van der Waals surface area contributed by atoms with Crippen molar-refractivity contribution in [2.75, 3.05) is 21.2 Å². The third kappa shape index (κ3) is 4.66. The van der Waals surface area contributed by atoms with Crippen molar-refractivity contribution in [2.45, 2.75) is 33.1 Å². The molecule has 182 valence electrons. The Hall–Kier alpha value is -4.01. The molecule has 0 atom stereocenters. The van der Waals surface area contributed by atoms with Crippen LogP contribution in [0, 0.1) is 0 Å². The first kappa shape index (κ1) is 24.1. The Morgan fingerprint density at radius 1 is 0.800 bits per heavy atom. The lowest BCUT2D eigenvalue weighted by Gasteiger charge is -2.27. The maximum atomic E-state index is 13.9. The van der Waals surface area contributed by atoms with Gasteiger partial charge in [0.2, 0.25) is 0 Å². The van der Waals surface area contributed by atoms with Crippen LogP contribution in [0.25, 0.3) is 0 Å². The summed E-state index contributed by atoms with van der Waals surface area (Å²) in [6.07, 6.45) is -4.69. The standard InChI is InChI=1S/C26H24F3N3O3/c1-4-30-22-15-10-18(26(27,28)29)16-23(22)31(19-8-6-5-7-9-19)25(34)32(24(30)33)20-11-13-21(14-12-20)35-17(2)3/h5-17H,4H2,1-3H3. The van der Waals surface area contributed by atoms with Crippen LogP contribution in [-0.2, 0) is 6.18 Å². The van der Waals surface area contributed by atoms with E-state index in [1.54, 1.807) is 61.5 Å². The molecule has 1 aliphatic rings. The minimum Gasteiger partial charge on any atom is -0.491 e. The lowest BCUT2D eigenvalue weighted by atomic mass is 10.1. The van der Waals surface area contributed by atoms with Gasteiger partial charge in [0.25, 0.3) is 0 Å². The van der Waals surface area contributed by atoms with Crippen LogP contribution in [0.4, 0.5) is 45.5 Å². The fraction of sp³-hybridized carbons (Fsp3) is 0.231. The van der Waals surface area contributed by atoms with Crippen LogP contribution in [0.3, 0.4) is 0 Å². The molecule has 6 nitrogen and oxygen atoms in total. The molecule has 0 radical (unpaired) electrons. The van der Waals surface area contributed by atoms with E-state index in [0.29, 0.717) is 11.4 Å². The monoisotopic (exact) mass is 483 g/mol. The lowest BCUT2D eigenvalue weighted by Crippen LogP contribution is -2.48. The molecule has 0 unspecified atom stereocenters. The van der Waals surface area contributed by atoms with Crippen LogP contribution in [0.5, 0.6) is 5.75 Å². The molecule has 4 rings (SSSR count). The van der Waals surface area contributed by atoms with Gasteiger partial charge in [0, 0.05) is 6.54 Å². The first-order valence-corrected chi connectivity index (χ1v) is 11.1. The lowest BCUT2D eigenvalue weighted by molar-refractivity contribution is -0.137. The number of hydrogen-bond acceptors (Lipinski definition) is 3. The van der Waals surface area contributed by atoms with Gasteiger partial charge < -0.3 is 4.74 Å². The van der Waals surface area contributed by atoms with Crippen molar-refractivity contribution < 1.29 is 27.5 Å². The third-order valence-electron chi connectivity index (χ3n) is 5.44. The van der Waals surface area contributed by atoms with Gasteiger partial charge in [-0.05, 0) is 75.4 Å². The molecular weight excluding hydrogens is 459 g/mol. The van der Waals surface area contributed by atoms with Gasteiger partial charge in [0.05, 0.1) is 34.4 Å². The molecule has 0 aliphatic carbocycles. The second-order valence-electron chi connectivity index (χ2n) is 8.18. The number of carbonyl (C=O) groups is 2. The van der Waals surface area contributed by atoms with Crippen LogP contribution in [0.2, 0.25) is 0 Å². The van der Waals surface area contributed by atoms with E-state index in [2.05, 4.69) is 0 Å². The number of anilines is 4. The number of hydrogen-bond donors (Lipinski definition) is 0. The molecule has 35 heavy (non-hydrogen) atoms. The molecule has 0 fully saturated rings. The van der Waals surface area contributed by atoms with Crippen LogP contribution < -0.4 is 19.4 Å². The molecule has 3 aromatic rings. The molecule has 3 aromatic carbocycles. The second-order valence-corrected chi connectivity index (χ2v) is 8.18. The number of halogens is 3. The maximum Gasteiger partial charge on any atom is 0.416 e. The van der Waals surface area contributed by atoms with Crippen molar-refractivity contribution in [1.82, 2.24) is 0 Å². The van der Waals surface area contributed by atoms with Crippen molar-refractivity contribution in [3.63, 3.8) is 0 Å². The van der Waals surface area contributed by atoms with E-state index in [9.17, 15) is 22.8 Å². The summed E-state index contributed by atoms with van der Waals surface area (Å²) in [7, 11) is 0. The van der Waals surface area contributed by atoms with Gasteiger partial charge >= 0.3 is 18.2 Å². The Balaban J connectivity index is 1.91. The molecule has 9 heteroatoms. The summed E-state index contributed by atoms with van der Waals surface area (Å²) in [6, 6.07) is 16.3. The summed E-state index contributed by atoms with van der Waals surface area (Å²) in [4.78, 5) is 30.9. The molecular formula is C26H24F3N3O3. The van der Waals surface area contributed by atoms with E-state index in [4.69, 9.17) is 4.74 Å². The number of amides is 4. The fourth-order valence-electron chi connectivity index (χ4n) is 3.91. The highest BCUT2D eigenvalue weighted by Gasteiger charge is 2.41. The molecule has 1 aliphatic heterocycles. The summed E-state index contributed by atoms with van der Waals surface area (Å²) in [5.74, 6) is 0.559. The van der Waals surface area contributed by atoms with Crippen molar-refractivity contribution in [2.24, 2.45) is 0 Å². The van der Waals surface area contributed by atoms with E-state index >= 15 is 0 Å². The zero-order valence-electron chi connectivity index (χ0n) is 19.4. The number of nitrogens with zero attached hydrogens (tertiary/aromatic N) is 3. The van der Waals surface area contributed by atoms with Crippen molar-refractivity contribution >= 4 is 34.8 Å². The fourth-order valence-corrected chi connectivity index (χ4v) is 3.91. The molecule has 0 N–H and O–H groups in total. The van der Waals surface area contributed by atoms with Crippen LogP contribution >= 0.6 is 0 Å². The minimum absolute atomic E-state index is 0.0338. The number of para-hydroxylation sites is 1. The molecule has 0 aromatic heterocycles. The summed E-state index contributed by atoms with van der Waals surface area (Å²) in [5.41, 5.74) is -0.163. The molecule has 0 saturated heterocycles. The molecule has 0 saturated carbocycles. The third-order valence-corrected chi connectivity index (χ3v) is 5.44. The highest BCUT2D eigenvalue weighted by Crippen LogP contribution is 2.43. The number of carbonyl (C=O) groups excluding carboxylic acids is 2. The van der Waals surface area contributed by atoms with Gasteiger partial charge in [0.1, 0.15) is 5.75 Å². The van der Waals surface area contributed by atoms with E-state index in [0.717, 1.165) is 21.9 Å². The number of ether oxygens (including phenoxy) is 1. The first-order chi connectivity index (χ1) is 16.6. The Bertz CT molecular complexity index is 1230. The maximum absolute atomic E-state index is 13.9. The average Bonchev–Trinajstić information content (AvgIpc) is 2.90. The largest absolute Gasteiger partial charge is 0.491 e. The Morgan fingerprint density at radius 3 is 2.00 bits per heavy atom. The van der Waals surface area contributed by atoms with Gasteiger partial charge in [0.15, 0.2) is 0 Å². The minimum atomic E-state index is -4.63. The van der Waals surface area contributed by atoms with Crippen LogP contribution in [0.15, 0.2) is 72.8 Å². The number of urea groups is 2. The predicted octanol–water partition coefficient (Wildman–Crippen LogP) is 7.22. The molecule has 0 bridgehead atoms. The van der Waals surface area contributed by atoms with Crippen LogP contribution in [-0.4, -0.2) is 24.7 Å². The molecule has 4 amide bonds. The zero-order chi connectivity index (χ0) is 25.3. The van der Waals surface area contributed by atoms with Crippen LogP contribution in [0.1, 0.15) is 26.3 Å². The summed E-state index contributed by atoms with van der Waals surface area (Å²) in [5, 5.41) is 0. The van der Waals surface area contributed by atoms with Gasteiger partial charge in [-0.15, -0.1) is 0 Å². The second kappa shape index (κ2) is 9.32. The first-order valence-electron chi connectivity index (χ1n) is 11.1. The normalized spacial score (nSPS) is 14.3. The number of rotatable bonds is 5. The highest BCUT2D eigenvalue weighted by molar-refractivity contribution is 6.28. The molecule has 0 spiro atoms. The Morgan fingerprint density at radius 2 is 1.43 bits per heavy atom. The van der Waals surface area contributed by atoms with E-state index in [-0.39, 0.29) is 29.7 Å². The van der Waals surface area contributed by atoms with E-state index in [1.807, 2.05) is 13.8 Å². The number of benzene rings is 3. The smallest absolute Gasteiger partial charge is 0.416 e. The zero-order valence-corrected chi connectivity index (χ0v) is 19.4. The van der Waals surface area contributed by atoms with Gasteiger partial charge in [-0.3, -0.25) is 9.80 Å². The highest BCUT2D eigenvalue weighted by atomic mass is 19.4. The van der Waals surface area contributed by atoms with Gasteiger partial charge in [-0.1, -0.05) is 18.2 Å². The van der Waals surface area contributed by atoms with Crippen molar-refractivity contribution in [3.8, 4) is 5.75 Å².